The number of benzene rings is 2. The molecule has 0 spiro atoms. The molecule has 2 aromatic carbocycles. The Morgan fingerprint density at radius 1 is 1.16 bits per heavy atom. The average molecular weight is 444 g/mol. The van der Waals surface area contributed by atoms with Crippen LogP contribution in [-0.2, 0) is 14.8 Å². The summed E-state index contributed by atoms with van der Waals surface area (Å²) < 4.78 is 39.4. The van der Waals surface area contributed by atoms with Crippen LogP contribution in [0.4, 0.5) is 5.69 Å². The van der Waals surface area contributed by atoms with Gasteiger partial charge in [-0.05, 0) is 43.5 Å². The highest BCUT2D eigenvalue weighted by Gasteiger charge is 2.35. The van der Waals surface area contributed by atoms with Gasteiger partial charge in [0, 0.05) is 30.4 Å². The first-order valence-electron chi connectivity index (χ1n) is 10.1. The zero-order valence-electron chi connectivity index (χ0n) is 17.7. The molecule has 0 saturated carbocycles. The van der Waals surface area contributed by atoms with Crippen molar-refractivity contribution in [2.45, 2.75) is 24.7 Å². The number of likely N-dealkylation sites (tertiary alicyclic amines) is 1. The topological polar surface area (TPSA) is 97.3 Å². The van der Waals surface area contributed by atoms with Crippen LogP contribution in [0.2, 0.25) is 0 Å². The number of anilines is 1. The summed E-state index contributed by atoms with van der Waals surface area (Å²) in [5, 5.41) is 2.99. The van der Waals surface area contributed by atoms with Gasteiger partial charge in [-0.25, -0.2) is 0 Å². The van der Waals surface area contributed by atoms with Crippen molar-refractivity contribution < 1.29 is 22.7 Å². The van der Waals surface area contributed by atoms with E-state index in [9.17, 15) is 13.2 Å². The van der Waals surface area contributed by atoms with Gasteiger partial charge in [-0.3, -0.25) is 4.79 Å². The molecule has 9 heteroatoms. The number of ether oxygens (including phenoxy) is 2. The van der Waals surface area contributed by atoms with Gasteiger partial charge in [0.1, 0.15) is 4.90 Å². The molecule has 164 valence electrons. The first kappa shape index (κ1) is 21.2. The number of sulfonamides is 1. The summed E-state index contributed by atoms with van der Waals surface area (Å²) in [5.41, 5.74) is 2.11. The summed E-state index contributed by atoms with van der Waals surface area (Å²) in [5.74, 6) is 1.15. The molecule has 1 saturated heterocycles. The van der Waals surface area contributed by atoms with Crippen molar-refractivity contribution in [3.8, 4) is 11.5 Å². The van der Waals surface area contributed by atoms with E-state index in [1.807, 2.05) is 17.9 Å². The number of rotatable bonds is 4. The molecule has 0 radical (unpaired) electrons. The number of amides is 1. The lowest BCUT2D eigenvalue weighted by Crippen LogP contribution is -2.43. The number of aryl methyl sites for hydroxylation is 1. The number of hydrogen-bond donors (Lipinski definition) is 1. The number of methoxy groups -OCH3 is 2. The summed E-state index contributed by atoms with van der Waals surface area (Å²) >= 11 is 0. The van der Waals surface area contributed by atoms with Crippen molar-refractivity contribution in [2.24, 2.45) is 10.3 Å². The molecule has 1 atom stereocenters. The van der Waals surface area contributed by atoms with E-state index in [2.05, 4.69) is 9.71 Å². The molecule has 2 aliphatic rings. The maximum absolute atomic E-state index is 13.0. The molecule has 1 fully saturated rings. The largest absolute Gasteiger partial charge is 0.493 e. The summed E-state index contributed by atoms with van der Waals surface area (Å²) in [6, 6.07) is 10.4. The fourth-order valence-electron chi connectivity index (χ4n) is 4.05. The van der Waals surface area contributed by atoms with E-state index in [1.54, 1.807) is 44.6 Å². The third-order valence-electron chi connectivity index (χ3n) is 5.69. The second-order valence-electron chi connectivity index (χ2n) is 7.68. The highest BCUT2D eigenvalue weighted by molar-refractivity contribution is 7.90. The van der Waals surface area contributed by atoms with E-state index in [0.29, 0.717) is 41.7 Å². The minimum Gasteiger partial charge on any atom is -0.493 e. The number of carbonyl (C=O) groups is 1. The van der Waals surface area contributed by atoms with Crippen molar-refractivity contribution in [2.75, 3.05) is 32.6 Å². The lowest BCUT2D eigenvalue weighted by Gasteiger charge is -2.33. The van der Waals surface area contributed by atoms with Crippen LogP contribution in [0.3, 0.4) is 0 Å². The molecule has 0 aromatic heterocycles. The minimum absolute atomic E-state index is 0.116. The predicted molar refractivity (Wildman–Crippen MR) is 117 cm³/mol. The maximum atomic E-state index is 13.0. The van der Waals surface area contributed by atoms with Crippen LogP contribution in [0.25, 0.3) is 0 Å². The average Bonchev–Trinajstić information content (AvgIpc) is 3.06. The van der Waals surface area contributed by atoms with Gasteiger partial charge < -0.3 is 19.7 Å². The van der Waals surface area contributed by atoms with E-state index in [0.717, 1.165) is 18.4 Å². The number of piperidine rings is 1. The highest BCUT2D eigenvalue weighted by atomic mass is 32.2. The van der Waals surface area contributed by atoms with Gasteiger partial charge in [0.15, 0.2) is 17.3 Å². The Balaban J connectivity index is 1.53. The Bertz CT molecular complexity index is 1160. The quantitative estimate of drug-likeness (QED) is 0.781. The third kappa shape index (κ3) is 3.97. The van der Waals surface area contributed by atoms with Gasteiger partial charge in [-0.1, -0.05) is 12.1 Å². The van der Waals surface area contributed by atoms with E-state index in [4.69, 9.17) is 9.47 Å². The third-order valence-corrected chi connectivity index (χ3v) is 7.02. The normalized spacial score (nSPS) is 19.4. The Hall–Kier alpha value is -3.07. The SMILES string of the molecule is COc1cc(C)c(NC(=O)[C@H]2CCCN(C3=NS(=O)(=O)c4ccccc43)C2)cc1OC. The first-order chi connectivity index (χ1) is 14.8. The van der Waals surface area contributed by atoms with E-state index in [1.165, 1.54) is 0 Å². The Kier molecular flexibility index (Phi) is 5.62. The molecule has 2 heterocycles. The van der Waals surface area contributed by atoms with Crippen LogP contribution in [0.15, 0.2) is 45.7 Å². The number of carbonyl (C=O) groups excluding carboxylic acids is 1. The van der Waals surface area contributed by atoms with E-state index in [-0.39, 0.29) is 16.7 Å². The molecule has 1 N–H and O–H groups in total. The summed E-state index contributed by atoms with van der Waals surface area (Å²) in [6.45, 7) is 2.95. The van der Waals surface area contributed by atoms with Gasteiger partial charge in [0.05, 0.1) is 20.1 Å². The predicted octanol–water partition coefficient (Wildman–Crippen LogP) is 2.81. The van der Waals surface area contributed by atoms with Gasteiger partial charge in [0.25, 0.3) is 10.0 Å². The Morgan fingerprint density at radius 2 is 1.87 bits per heavy atom. The highest BCUT2D eigenvalue weighted by Crippen LogP contribution is 2.34. The number of fused-ring (bicyclic) bond motifs is 1. The Morgan fingerprint density at radius 3 is 2.61 bits per heavy atom. The standard InChI is InChI=1S/C22H25N3O5S/c1-14-11-18(29-2)19(30-3)12-17(14)23-22(26)15-7-6-10-25(13-15)21-16-8-4-5-9-20(16)31(27,28)24-21/h4-5,8-9,11-12,15H,6-7,10,13H2,1-3H3,(H,23,26)/t15-/m0/s1. The fraction of sp³-hybridized carbons (Fsp3) is 0.364. The lowest BCUT2D eigenvalue weighted by atomic mass is 9.96. The molecular formula is C22H25N3O5S. The van der Waals surface area contributed by atoms with Crippen molar-refractivity contribution in [3.63, 3.8) is 0 Å². The van der Waals surface area contributed by atoms with Crippen molar-refractivity contribution >= 4 is 27.5 Å². The molecular weight excluding hydrogens is 418 g/mol. The van der Waals surface area contributed by atoms with Gasteiger partial charge in [-0.2, -0.15) is 8.42 Å². The van der Waals surface area contributed by atoms with Crippen molar-refractivity contribution in [3.05, 3.63) is 47.5 Å². The summed E-state index contributed by atoms with van der Waals surface area (Å²) in [4.78, 5) is 15.2. The van der Waals surface area contributed by atoms with Crippen LogP contribution in [-0.4, -0.2) is 52.4 Å². The smallest absolute Gasteiger partial charge is 0.285 e. The Labute approximate surface area is 181 Å². The number of nitrogens with one attached hydrogen (secondary N) is 1. The number of hydrogen-bond acceptors (Lipinski definition) is 6. The lowest BCUT2D eigenvalue weighted by molar-refractivity contribution is -0.121. The molecule has 8 nitrogen and oxygen atoms in total. The molecule has 4 rings (SSSR count). The van der Waals surface area contributed by atoms with Crippen LogP contribution in [0.5, 0.6) is 11.5 Å². The van der Waals surface area contributed by atoms with E-state index < -0.39 is 10.0 Å². The fourth-order valence-corrected chi connectivity index (χ4v) is 5.28. The minimum atomic E-state index is -3.69. The molecule has 2 aromatic rings. The van der Waals surface area contributed by atoms with Crippen LogP contribution in [0.1, 0.15) is 24.0 Å². The van der Waals surface area contributed by atoms with Gasteiger partial charge >= 0.3 is 0 Å². The van der Waals surface area contributed by atoms with Gasteiger partial charge in [0.2, 0.25) is 5.91 Å². The molecule has 0 bridgehead atoms. The zero-order chi connectivity index (χ0) is 22.2. The van der Waals surface area contributed by atoms with E-state index >= 15 is 0 Å². The summed E-state index contributed by atoms with van der Waals surface area (Å²) in [7, 11) is -0.577. The monoisotopic (exact) mass is 443 g/mol. The van der Waals surface area contributed by atoms with Crippen LogP contribution in [0, 0.1) is 12.8 Å². The molecule has 31 heavy (non-hydrogen) atoms. The van der Waals surface area contributed by atoms with Crippen LogP contribution >= 0.6 is 0 Å². The van der Waals surface area contributed by atoms with Crippen molar-refractivity contribution in [1.29, 1.82) is 0 Å². The van der Waals surface area contributed by atoms with Crippen molar-refractivity contribution in [1.82, 2.24) is 4.90 Å². The second kappa shape index (κ2) is 8.22. The molecule has 0 unspecified atom stereocenters. The molecule has 2 aliphatic heterocycles. The number of amidine groups is 1. The molecule has 0 aliphatic carbocycles. The zero-order valence-corrected chi connectivity index (χ0v) is 18.5. The number of nitrogens with zero attached hydrogens (tertiary/aromatic N) is 2. The second-order valence-corrected chi connectivity index (χ2v) is 9.26. The summed E-state index contributed by atoms with van der Waals surface area (Å²) in [6.07, 6.45) is 1.49. The van der Waals surface area contributed by atoms with Crippen LogP contribution < -0.4 is 14.8 Å². The molecule has 1 amide bonds. The van der Waals surface area contributed by atoms with Gasteiger partial charge in [-0.15, -0.1) is 4.40 Å². The maximum Gasteiger partial charge on any atom is 0.285 e. The first-order valence-corrected chi connectivity index (χ1v) is 11.5.